The summed E-state index contributed by atoms with van der Waals surface area (Å²) >= 11 is 0. The molecule has 0 amide bonds. The molecule has 0 aromatic rings. The second-order valence-corrected chi connectivity index (χ2v) is 7.74. The van der Waals surface area contributed by atoms with Crippen LogP contribution in [-0.4, -0.2) is 36.7 Å². The average Bonchev–Trinajstić information content (AvgIpc) is 2.79. The molecule has 0 spiro atoms. The Kier molecular flexibility index (Phi) is 3.62. The second-order valence-electron chi connectivity index (χ2n) is 6.97. The predicted molar refractivity (Wildman–Crippen MR) is 78.0 cm³/mol. The summed E-state index contributed by atoms with van der Waals surface area (Å²) in [5.74, 6) is 0.621. The Balaban J connectivity index is 1.95. The first-order chi connectivity index (χ1) is 8.08. The van der Waals surface area contributed by atoms with E-state index in [0.29, 0.717) is 5.92 Å². The smallest absolute Gasteiger partial charge is 0.403 e. The highest BCUT2D eigenvalue weighted by Gasteiger charge is 2.66. The molecule has 18 heavy (non-hydrogen) atoms. The minimum Gasteiger partial charge on any atom is -0.403 e. The van der Waals surface area contributed by atoms with E-state index in [2.05, 4.69) is 49.4 Å². The zero-order valence-electron chi connectivity index (χ0n) is 12.4. The number of hydrogen-bond donors (Lipinski definition) is 1. The Morgan fingerprint density at radius 3 is 2.17 bits per heavy atom. The molecule has 1 heterocycles. The standard InChI is InChI=1S/C12H26BN2O2P/c1-10(2)11(3,4)17-13(16-10)12(5)7-9(12)8-14-15(6)18/h9,14H,7-8,18H2,1-6H3. The van der Waals surface area contributed by atoms with Crippen molar-refractivity contribution in [1.82, 2.24) is 10.2 Å². The van der Waals surface area contributed by atoms with Crippen molar-refractivity contribution in [2.24, 2.45) is 5.92 Å². The fourth-order valence-corrected chi connectivity index (χ4v) is 2.54. The van der Waals surface area contributed by atoms with E-state index in [4.69, 9.17) is 9.31 Å². The number of hydrogen-bond acceptors (Lipinski definition) is 4. The highest BCUT2D eigenvalue weighted by atomic mass is 31.0. The van der Waals surface area contributed by atoms with Gasteiger partial charge in [0.2, 0.25) is 0 Å². The van der Waals surface area contributed by atoms with Crippen LogP contribution in [0, 0.1) is 5.92 Å². The van der Waals surface area contributed by atoms with Crippen LogP contribution >= 0.6 is 9.39 Å². The van der Waals surface area contributed by atoms with Crippen LogP contribution in [-0.2, 0) is 9.31 Å². The molecule has 0 aromatic carbocycles. The van der Waals surface area contributed by atoms with Gasteiger partial charge in [-0.1, -0.05) is 6.92 Å². The molecule has 2 aliphatic rings. The van der Waals surface area contributed by atoms with Gasteiger partial charge in [0, 0.05) is 18.9 Å². The summed E-state index contributed by atoms with van der Waals surface area (Å²) < 4.78 is 14.2. The second kappa shape index (κ2) is 4.42. The van der Waals surface area contributed by atoms with Crippen molar-refractivity contribution in [2.45, 2.75) is 57.6 Å². The maximum atomic E-state index is 6.16. The Labute approximate surface area is 114 Å². The first-order valence-electron chi connectivity index (χ1n) is 6.66. The summed E-state index contributed by atoms with van der Waals surface area (Å²) in [5.41, 5.74) is 2.87. The van der Waals surface area contributed by atoms with E-state index >= 15 is 0 Å². The molecule has 1 N–H and O–H groups in total. The van der Waals surface area contributed by atoms with Gasteiger partial charge >= 0.3 is 7.12 Å². The minimum atomic E-state index is -0.224. The van der Waals surface area contributed by atoms with E-state index in [1.807, 2.05) is 11.8 Å². The van der Waals surface area contributed by atoms with Crippen molar-refractivity contribution in [1.29, 1.82) is 0 Å². The van der Waals surface area contributed by atoms with E-state index in [0.717, 1.165) is 13.0 Å². The monoisotopic (exact) mass is 272 g/mol. The van der Waals surface area contributed by atoms with Crippen LogP contribution in [0.3, 0.4) is 0 Å². The summed E-state index contributed by atoms with van der Waals surface area (Å²) in [6, 6.07) is 0. The van der Waals surface area contributed by atoms with Gasteiger partial charge < -0.3 is 9.31 Å². The number of rotatable bonds is 4. The van der Waals surface area contributed by atoms with Gasteiger partial charge in [0.15, 0.2) is 0 Å². The van der Waals surface area contributed by atoms with Gasteiger partial charge in [-0.15, -0.1) is 0 Å². The zero-order chi connectivity index (χ0) is 13.8. The summed E-state index contributed by atoms with van der Waals surface area (Å²) in [6.07, 6.45) is 1.16. The molecular weight excluding hydrogens is 246 g/mol. The number of nitrogens with zero attached hydrogens (tertiary/aromatic N) is 1. The van der Waals surface area contributed by atoms with Crippen molar-refractivity contribution in [3.63, 3.8) is 0 Å². The van der Waals surface area contributed by atoms with Gasteiger partial charge in [-0.05, 0) is 49.4 Å². The maximum absolute atomic E-state index is 6.16. The molecule has 0 radical (unpaired) electrons. The van der Waals surface area contributed by atoms with Crippen LogP contribution in [0.5, 0.6) is 0 Å². The van der Waals surface area contributed by atoms with Crippen molar-refractivity contribution in [2.75, 3.05) is 13.6 Å². The molecule has 3 unspecified atom stereocenters. The fourth-order valence-electron chi connectivity index (χ4n) is 2.43. The van der Waals surface area contributed by atoms with Gasteiger partial charge in [0.1, 0.15) is 0 Å². The van der Waals surface area contributed by atoms with Gasteiger partial charge in [0.05, 0.1) is 11.2 Å². The lowest BCUT2D eigenvalue weighted by Gasteiger charge is -2.32. The topological polar surface area (TPSA) is 33.7 Å². The lowest BCUT2D eigenvalue weighted by atomic mass is 9.68. The molecule has 2 fully saturated rings. The summed E-state index contributed by atoms with van der Waals surface area (Å²) in [7, 11) is 4.52. The predicted octanol–water partition coefficient (Wildman–Crippen LogP) is 2.09. The van der Waals surface area contributed by atoms with Gasteiger partial charge in [0.25, 0.3) is 0 Å². The largest absolute Gasteiger partial charge is 0.464 e. The van der Waals surface area contributed by atoms with Crippen molar-refractivity contribution in [3.8, 4) is 0 Å². The maximum Gasteiger partial charge on any atom is 0.464 e. The molecule has 4 nitrogen and oxygen atoms in total. The molecule has 1 saturated carbocycles. The molecule has 0 aromatic heterocycles. The van der Waals surface area contributed by atoms with E-state index < -0.39 is 0 Å². The Morgan fingerprint density at radius 1 is 1.22 bits per heavy atom. The zero-order valence-corrected chi connectivity index (χ0v) is 13.6. The first-order valence-corrected chi connectivity index (χ1v) is 7.18. The third-order valence-electron chi connectivity index (χ3n) is 4.84. The first kappa shape index (κ1) is 14.7. The number of hydrazine groups is 1. The lowest BCUT2D eigenvalue weighted by Crippen LogP contribution is -2.41. The molecular formula is C12H26BN2O2P. The molecule has 2 rings (SSSR count). The van der Waals surface area contributed by atoms with E-state index in [9.17, 15) is 0 Å². The Morgan fingerprint density at radius 2 is 1.72 bits per heavy atom. The van der Waals surface area contributed by atoms with Crippen molar-refractivity contribution in [3.05, 3.63) is 0 Å². The third-order valence-corrected chi connectivity index (χ3v) is 5.02. The quantitative estimate of drug-likeness (QED) is 0.482. The normalized spacial score (nSPS) is 37.3. The molecule has 1 saturated heterocycles. The van der Waals surface area contributed by atoms with Gasteiger partial charge in [-0.25, -0.2) is 4.78 Å². The lowest BCUT2D eigenvalue weighted by molar-refractivity contribution is 0.00578. The minimum absolute atomic E-state index is 0.0795. The van der Waals surface area contributed by atoms with Crippen LogP contribution in [0.25, 0.3) is 0 Å². The van der Waals surface area contributed by atoms with E-state index in [1.165, 1.54) is 0 Å². The Bertz CT molecular complexity index is 322. The van der Waals surface area contributed by atoms with Gasteiger partial charge in [-0.3, -0.25) is 5.43 Å². The van der Waals surface area contributed by atoms with Crippen LogP contribution in [0.1, 0.15) is 41.0 Å². The van der Waals surface area contributed by atoms with Crippen molar-refractivity contribution < 1.29 is 9.31 Å². The van der Waals surface area contributed by atoms with Crippen LogP contribution < -0.4 is 5.43 Å². The molecule has 1 aliphatic carbocycles. The summed E-state index contributed by atoms with van der Waals surface area (Å²) in [5, 5.41) is 0.152. The van der Waals surface area contributed by atoms with Crippen LogP contribution in [0.15, 0.2) is 0 Å². The third kappa shape index (κ3) is 2.48. The average molecular weight is 272 g/mol. The molecule has 6 heteroatoms. The fraction of sp³-hybridized carbons (Fsp3) is 1.00. The van der Waals surface area contributed by atoms with Crippen molar-refractivity contribution >= 4 is 16.5 Å². The molecule has 104 valence electrons. The van der Waals surface area contributed by atoms with Gasteiger partial charge in [-0.2, -0.15) is 0 Å². The summed E-state index contributed by atoms with van der Waals surface area (Å²) in [4.78, 5) is 0. The highest BCUT2D eigenvalue weighted by Crippen LogP contribution is 2.64. The molecule has 3 atom stereocenters. The molecule has 0 bridgehead atoms. The highest BCUT2D eigenvalue weighted by molar-refractivity contribution is 7.13. The SMILES string of the molecule is CN(P)NCC1CC1(C)B1OC(C)(C)C(C)(C)O1. The summed E-state index contributed by atoms with van der Waals surface area (Å²) in [6.45, 7) is 11.7. The van der Waals surface area contributed by atoms with Crippen LogP contribution in [0.4, 0.5) is 0 Å². The number of nitrogens with one attached hydrogen (secondary N) is 1. The van der Waals surface area contributed by atoms with E-state index in [-0.39, 0.29) is 23.6 Å². The van der Waals surface area contributed by atoms with E-state index in [1.54, 1.807) is 0 Å². The Hall–Kier alpha value is 0.335. The molecule has 1 aliphatic heterocycles. The van der Waals surface area contributed by atoms with Crippen LogP contribution in [0.2, 0.25) is 5.31 Å².